The summed E-state index contributed by atoms with van der Waals surface area (Å²) in [6.45, 7) is 7.02. The van der Waals surface area contributed by atoms with Crippen LogP contribution >= 0.6 is 0 Å². The highest BCUT2D eigenvalue weighted by Gasteiger charge is 2.79. The van der Waals surface area contributed by atoms with Gasteiger partial charge >= 0.3 is 5.97 Å². The van der Waals surface area contributed by atoms with Crippen LogP contribution in [0.5, 0.6) is 0 Å². The molecule has 3 saturated carbocycles. The van der Waals surface area contributed by atoms with Crippen LogP contribution in [-0.2, 0) is 23.9 Å². The van der Waals surface area contributed by atoms with E-state index in [0.717, 1.165) is 19.3 Å². The van der Waals surface area contributed by atoms with Crippen LogP contribution in [0.25, 0.3) is 0 Å². The lowest BCUT2D eigenvalue weighted by molar-refractivity contribution is -0.170. The fourth-order valence-electron chi connectivity index (χ4n) is 8.08. The van der Waals surface area contributed by atoms with E-state index in [1.165, 1.54) is 12.5 Å². The largest absolute Gasteiger partial charge is 0.458 e. The van der Waals surface area contributed by atoms with Gasteiger partial charge in [0, 0.05) is 18.3 Å². The molecule has 31 heavy (non-hydrogen) atoms. The van der Waals surface area contributed by atoms with Crippen LogP contribution in [0.15, 0.2) is 23.8 Å². The van der Waals surface area contributed by atoms with Crippen LogP contribution < -0.4 is 0 Å². The third kappa shape index (κ3) is 2.61. The fraction of sp³-hybridized carbons (Fsp3) is 0.720. The van der Waals surface area contributed by atoms with Gasteiger partial charge in [0.05, 0.1) is 6.10 Å². The number of allylic oxidation sites excluding steroid dienone is 3. The molecule has 0 aromatic rings. The highest BCUT2D eigenvalue weighted by atomic mass is 16.6. The number of carbonyl (C=O) groups is 3. The van der Waals surface area contributed by atoms with Crippen molar-refractivity contribution in [1.29, 1.82) is 0 Å². The average molecular weight is 429 g/mol. The van der Waals surface area contributed by atoms with E-state index in [1.54, 1.807) is 12.2 Å². The number of fused-ring (bicyclic) bond motifs is 3. The number of carbonyl (C=O) groups excluding carboxylic acids is 3. The first-order valence-corrected chi connectivity index (χ1v) is 11.5. The Balaban J connectivity index is 1.51. The molecule has 4 aliphatic carbocycles. The minimum absolute atomic E-state index is 0.0325. The summed E-state index contributed by atoms with van der Waals surface area (Å²) in [7, 11) is 0. The van der Waals surface area contributed by atoms with E-state index in [4.69, 9.17) is 9.47 Å². The number of hydrogen-bond acceptors (Lipinski definition) is 6. The topological polar surface area (TPSA) is 93.2 Å². The lowest BCUT2D eigenvalue weighted by atomic mass is 9.49. The van der Waals surface area contributed by atoms with Crippen molar-refractivity contribution < 1.29 is 29.0 Å². The molecule has 1 spiro atoms. The van der Waals surface area contributed by atoms with Crippen LogP contribution in [-0.4, -0.2) is 46.6 Å². The average Bonchev–Trinajstić information content (AvgIpc) is 3.38. The van der Waals surface area contributed by atoms with Crippen molar-refractivity contribution >= 4 is 17.5 Å². The number of epoxide rings is 1. The molecule has 1 aliphatic heterocycles. The molecule has 0 amide bonds. The van der Waals surface area contributed by atoms with E-state index in [9.17, 15) is 19.5 Å². The highest BCUT2D eigenvalue weighted by Crippen LogP contribution is 2.74. The number of rotatable bonds is 3. The predicted octanol–water partition coefficient (Wildman–Crippen LogP) is 2.78. The zero-order valence-corrected chi connectivity index (χ0v) is 18.7. The van der Waals surface area contributed by atoms with Crippen molar-refractivity contribution in [2.24, 2.45) is 35.0 Å². The Morgan fingerprint density at radius 2 is 2.03 bits per heavy atom. The Morgan fingerprint density at radius 3 is 2.74 bits per heavy atom. The Bertz CT molecular complexity index is 919. The number of ether oxygens (including phenoxy) is 2. The zero-order valence-electron chi connectivity index (χ0n) is 18.7. The lowest BCUT2D eigenvalue weighted by Gasteiger charge is -2.53. The second kappa shape index (κ2) is 6.61. The van der Waals surface area contributed by atoms with Crippen molar-refractivity contribution in [3.05, 3.63) is 23.8 Å². The zero-order chi connectivity index (χ0) is 22.3. The number of Topliss-reactive ketones (excluding diaryl/α,β-unsaturated/α-hetero) is 1. The summed E-state index contributed by atoms with van der Waals surface area (Å²) in [4.78, 5) is 36.6. The Labute approximate surface area is 183 Å². The maximum atomic E-state index is 13.2. The second-order valence-electron chi connectivity index (χ2n) is 10.8. The Hall–Kier alpha value is -1.79. The van der Waals surface area contributed by atoms with Gasteiger partial charge in [0.1, 0.15) is 11.2 Å². The van der Waals surface area contributed by atoms with E-state index < -0.39 is 22.8 Å². The van der Waals surface area contributed by atoms with Crippen LogP contribution in [0.1, 0.15) is 53.4 Å². The van der Waals surface area contributed by atoms with Gasteiger partial charge in [-0.05, 0) is 61.5 Å². The summed E-state index contributed by atoms with van der Waals surface area (Å²) in [6.07, 6.45) is 8.57. The van der Waals surface area contributed by atoms with Gasteiger partial charge in [-0.15, -0.1) is 0 Å². The highest BCUT2D eigenvalue weighted by molar-refractivity contribution is 6.00. The number of ketones is 2. The summed E-state index contributed by atoms with van der Waals surface area (Å²) in [5, 5.41) is 11.8. The molecule has 0 bridgehead atoms. The van der Waals surface area contributed by atoms with Gasteiger partial charge in [-0.25, -0.2) is 0 Å². The number of aliphatic hydroxyl groups is 1. The van der Waals surface area contributed by atoms with Crippen LogP contribution in [0.4, 0.5) is 0 Å². The van der Waals surface area contributed by atoms with Gasteiger partial charge in [-0.1, -0.05) is 32.4 Å². The molecule has 0 aromatic heterocycles. The van der Waals surface area contributed by atoms with Crippen molar-refractivity contribution in [1.82, 2.24) is 0 Å². The molecule has 9 unspecified atom stereocenters. The monoisotopic (exact) mass is 428 g/mol. The maximum absolute atomic E-state index is 13.2. The number of hydrogen-bond donors (Lipinski definition) is 1. The van der Waals surface area contributed by atoms with E-state index in [2.05, 4.69) is 6.92 Å². The molecule has 6 heteroatoms. The minimum Gasteiger partial charge on any atom is -0.458 e. The molecular weight excluding hydrogens is 396 g/mol. The quantitative estimate of drug-likeness (QED) is 0.549. The van der Waals surface area contributed by atoms with Crippen LogP contribution in [0.2, 0.25) is 0 Å². The summed E-state index contributed by atoms with van der Waals surface area (Å²) in [5.41, 5.74) is -1.27. The molecule has 0 aromatic carbocycles. The van der Waals surface area contributed by atoms with Gasteiger partial charge in [0.25, 0.3) is 0 Å². The van der Waals surface area contributed by atoms with Gasteiger partial charge in [-0.3, -0.25) is 14.4 Å². The lowest BCUT2D eigenvalue weighted by Crippen LogP contribution is -2.61. The van der Waals surface area contributed by atoms with Crippen LogP contribution in [0.3, 0.4) is 0 Å². The third-order valence-electron chi connectivity index (χ3n) is 9.36. The molecule has 5 rings (SSSR count). The summed E-state index contributed by atoms with van der Waals surface area (Å²) >= 11 is 0. The summed E-state index contributed by atoms with van der Waals surface area (Å²) < 4.78 is 11.5. The van der Waals surface area contributed by atoms with Crippen molar-refractivity contribution in [3.63, 3.8) is 0 Å². The molecule has 0 radical (unpaired) electrons. The molecule has 168 valence electrons. The molecule has 9 atom stereocenters. The third-order valence-corrected chi connectivity index (χ3v) is 9.36. The molecule has 1 saturated heterocycles. The van der Waals surface area contributed by atoms with E-state index in [0.29, 0.717) is 6.42 Å². The van der Waals surface area contributed by atoms with E-state index in [1.807, 2.05) is 19.9 Å². The van der Waals surface area contributed by atoms with Crippen molar-refractivity contribution in [3.8, 4) is 0 Å². The standard InChI is InChI=1S/C25H32O6/c1-13-5-7-17(27)10-16-6-8-18-19-9-14(2)25(29,20(28)12-30-15(3)26)23(19,4)11-21-24(18,31-21)22(13)16/h5,7,10,13-14,18-19,21-22,29H,6,8-9,11-12H2,1-4H3. The summed E-state index contributed by atoms with van der Waals surface area (Å²) in [5.74, 6) is -0.329. The molecule has 1 heterocycles. The van der Waals surface area contributed by atoms with Gasteiger partial charge in [0.2, 0.25) is 5.78 Å². The number of esters is 1. The maximum Gasteiger partial charge on any atom is 0.303 e. The first kappa shape index (κ1) is 21.1. The Kier molecular flexibility index (Phi) is 4.49. The molecule has 5 aliphatic rings. The molecule has 6 nitrogen and oxygen atoms in total. The predicted molar refractivity (Wildman–Crippen MR) is 112 cm³/mol. The first-order valence-electron chi connectivity index (χ1n) is 11.5. The van der Waals surface area contributed by atoms with Crippen LogP contribution in [0, 0.1) is 35.0 Å². The molecular formula is C25H32O6. The van der Waals surface area contributed by atoms with E-state index >= 15 is 0 Å². The normalized spacial score (nSPS) is 49.7. The minimum atomic E-state index is -1.54. The smallest absolute Gasteiger partial charge is 0.303 e. The van der Waals surface area contributed by atoms with Crippen molar-refractivity contribution in [2.75, 3.05) is 6.61 Å². The summed E-state index contributed by atoms with van der Waals surface area (Å²) in [6, 6.07) is 0. The van der Waals surface area contributed by atoms with Gasteiger partial charge < -0.3 is 14.6 Å². The first-order chi connectivity index (χ1) is 14.6. The SMILES string of the molecule is CC(=O)OCC(=O)C1(O)C(C)CC2C3CCC4=CC(=O)C=CC(C)C4C34OC4CC21C. The van der Waals surface area contributed by atoms with Gasteiger partial charge in [-0.2, -0.15) is 0 Å². The van der Waals surface area contributed by atoms with Crippen molar-refractivity contribution in [2.45, 2.75) is 70.7 Å². The molecule has 1 N–H and O–H groups in total. The second-order valence-corrected chi connectivity index (χ2v) is 10.8. The van der Waals surface area contributed by atoms with Gasteiger partial charge in [0.15, 0.2) is 12.4 Å². The Morgan fingerprint density at radius 1 is 1.29 bits per heavy atom. The fourth-order valence-corrected chi connectivity index (χ4v) is 8.08. The van der Waals surface area contributed by atoms with E-state index in [-0.39, 0.29) is 53.7 Å². The molecule has 4 fully saturated rings.